The maximum atomic E-state index is 12.7. The Morgan fingerprint density at radius 3 is 3.00 bits per heavy atom. The van der Waals surface area contributed by atoms with E-state index in [1.165, 1.54) is 22.7 Å². The number of aromatic nitrogens is 1. The molecule has 1 fully saturated rings. The summed E-state index contributed by atoms with van der Waals surface area (Å²) in [5.41, 5.74) is 6.54. The highest BCUT2D eigenvalue weighted by atomic mass is 35.5. The van der Waals surface area contributed by atoms with Crippen LogP contribution >= 0.6 is 34.3 Å². The average Bonchev–Trinajstić information content (AvgIpc) is 3.16. The molecule has 0 aliphatic carbocycles. The predicted molar refractivity (Wildman–Crippen MR) is 88.3 cm³/mol. The molecule has 1 saturated heterocycles. The van der Waals surface area contributed by atoms with Crippen molar-refractivity contribution in [2.45, 2.75) is 25.8 Å². The molecule has 3 heterocycles. The number of hydrogen-bond acceptors (Lipinski definition) is 5. The minimum atomic E-state index is 0.0619. The number of halogens is 1. The second kappa shape index (κ2) is 6.04. The van der Waals surface area contributed by atoms with Crippen LogP contribution in [-0.2, 0) is 0 Å². The van der Waals surface area contributed by atoms with Gasteiger partial charge in [0, 0.05) is 19.1 Å². The Hall–Kier alpha value is -0.950. The van der Waals surface area contributed by atoms with E-state index in [1.807, 2.05) is 24.0 Å². The minimum absolute atomic E-state index is 0.0619. The second-order valence-electron chi connectivity index (χ2n) is 5.07. The van der Waals surface area contributed by atoms with Gasteiger partial charge in [0.2, 0.25) is 0 Å². The lowest BCUT2D eigenvalue weighted by atomic mass is 10.2. The van der Waals surface area contributed by atoms with Crippen LogP contribution in [0.5, 0.6) is 0 Å². The molecule has 1 aliphatic heterocycles. The second-order valence-corrected chi connectivity index (χ2v) is 7.78. The number of amides is 1. The first-order valence-corrected chi connectivity index (χ1v) is 8.85. The number of thiophene rings is 1. The lowest BCUT2D eigenvalue weighted by Gasteiger charge is -2.22. The molecule has 0 radical (unpaired) electrons. The molecule has 1 aliphatic rings. The summed E-state index contributed by atoms with van der Waals surface area (Å²) in [5.74, 6) is 0.0619. The number of carbonyl (C=O) groups is 1. The summed E-state index contributed by atoms with van der Waals surface area (Å²) in [7, 11) is 0. The topological polar surface area (TPSA) is 59.2 Å². The highest BCUT2D eigenvalue weighted by molar-refractivity contribution is 7.24. The molecule has 4 nitrogen and oxygen atoms in total. The fourth-order valence-electron chi connectivity index (χ4n) is 2.61. The van der Waals surface area contributed by atoms with Crippen molar-refractivity contribution >= 4 is 40.2 Å². The molecule has 0 aromatic carbocycles. The van der Waals surface area contributed by atoms with Crippen LogP contribution < -0.4 is 5.73 Å². The quantitative estimate of drug-likeness (QED) is 0.930. The lowest BCUT2D eigenvalue weighted by Crippen LogP contribution is -2.39. The molecule has 2 N–H and O–H groups in total. The molecule has 21 heavy (non-hydrogen) atoms. The van der Waals surface area contributed by atoms with Gasteiger partial charge >= 0.3 is 0 Å². The van der Waals surface area contributed by atoms with Gasteiger partial charge in [-0.15, -0.1) is 22.7 Å². The van der Waals surface area contributed by atoms with Gasteiger partial charge in [-0.2, -0.15) is 0 Å². The lowest BCUT2D eigenvalue weighted by molar-refractivity contribution is 0.0745. The van der Waals surface area contributed by atoms with Crippen molar-refractivity contribution in [3.63, 3.8) is 0 Å². The number of nitrogens with zero attached hydrogens (tertiary/aromatic N) is 2. The fourth-order valence-corrected chi connectivity index (χ4v) is 4.73. The normalized spacial score (nSPS) is 18.4. The number of carbonyl (C=O) groups excluding carboxylic acids is 1. The molecule has 1 amide bonds. The zero-order chi connectivity index (χ0) is 15.0. The zero-order valence-electron chi connectivity index (χ0n) is 11.6. The standard InChI is InChI=1S/C14H16ClN3OS2/c1-8-12(14(19)18-6-2-3-9(18)7-16)21-13(17-8)10-4-5-11(15)20-10/h4-5,9H,2-3,6-7,16H2,1H3/t9-/m0/s1. The van der Waals surface area contributed by atoms with Gasteiger partial charge in [-0.25, -0.2) is 4.98 Å². The third kappa shape index (κ3) is 2.85. The largest absolute Gasteiger partial charge is 0.334 e. The van der Waals surface area contributed by atoms with Crippen molar-refractivity contribution in [1.82, 2.24) is 9.88 Å². The van der Waals surface area contributed by atoms with E-state index in [4.69, 9.17) is 17.3 Å². The van der Waals surface area contributed by atoms with E-state index in [0.717, 1.165) is 44.2 Å². The number of likely N-dealkylation sites (tertiary alicyclic amines) is 1. The van der Waals surface area contributed by atoms with Crippen LogP contribution in [0.1, 0.15) is 28.2 Å². The Kier molecular flexibility index (Phi) is 4.31. The van der Waals surface area contributed by atoms with Crippen LogP contribution in [0.3, 0.4) is 0 Å². The van der Waals surface area contributed by atoms with Gasteiger partial charge in [-0.3, -0.25) is 4.79 Å². The van der Waals surface area contributed by atoms with E-state index < -0.39 is 0 Å². The Morgan fingerprint density at radius 2 is 2.33 bits per heavy atom. The Balaban J connectivity index is 1.89. The number of aryl methyl sites for hydroxylation is 1. The first-order valence-electron chi connectivity index (χ1n) is 6.84. The molecule has 1 atom stereocenters. The van der Waals surface area contributed by atoms with Crippen LogP contribution in [0.25, 0.3) is 9.88 Å². The number of thiazole rings is 1. The van der Waals surface area contributed by atoms with Crippen molar-refractivity contribution in [2.75, 3.05) is 13.1 Å². The maximum Gasteiger partial charge on any atom is 0.266 e. The minimum Gasteiger partial charge on any atom is -0.334 e. The Labute approximate surface area is 136 Å². The van der Waals surface area contributed by atoms with Crippen LogP contribution in [-0.4, -0.2) is 34.9 Å². The molecule has 0 saturated carbocycles. The van der Waals surface area contributed by atoms with E-state index >= 15 is 0 Å². The molecule has 0 unspecified atom stereocenters. The Bertz CT molecular complexity index is 667. The highest BCUT2D eigenvalue weighted by Crippen LogP contribution is 2.35. The van der Waals surface area contributed by atoms with Gasteiger partial charge in [0.15, 0.2) is 0 Å². The molecule has 0 spiro atoms. The molecule has 2 aromatic heterocycles. The van der Waals surface area contributed by atoms with Gasteiger partial charge in [-0.05, 0) is 31.9 Å². The SMILES string of the molecule is Cc1nc(-c2ccc(Cl)s2)sc1C(=O)N1CCC[C@H]1CN. The van der Waals surface area contributed by atoms with E-state index in [2.05, 4.69) is 4.98 Å². The number of rotatable bonds is 3. The summed E-state index contributed by atoms with van der Waals surface area (Å²) in [6.45, 7) is 3.20. The van der Waals surface area contributed by atoms with Crippen molar-refractivity contribution in [2.24, 2.45) is 5.73 Å². The van der Waals surface area contributed by atoms with Gasteiger partial charge in [0.1, 0.15) is 9.88 Å². The summed E-state index contributed by atoms with van der Waals surface area (Å²) < 4.78 is 0.730. The van der Waals surface area contributed by atoms with Crippen molar-refractivity contribution < 1.29 is 4.79 Å². The van der Waals surface area contributed by atoms with E-state index in [9.17, 15) is 4.79 Å². The maximum absolute atomic E-state index is 12.7. The van der Waals surface area contributed by atoms with Gasteiger partial charge in [0.05, 0.1) is 14.9 Å². The number of hydrogen-bond donors (Lipinski definition) is 1. The summed E-state index contributed by atoms with van der Waals surface area (Å²) in [6.07, 6.45) is 2.02. The first kappa shape index (κ1) is 15.0. The molecule has 7 heteroatoms. The van der Waals surface area contributed by atoms with Crippen LogP contribution in [0.15, 0.2) is 12.1 Å². The van der Waals surface area contributed by atoms with Crippen molar-refractivity contribution in [3.8, 4) is 9.88 Å². The Morgan fingerprint density at radius 1 is 1.52 bits per heavy atom. The summed E-state index contributed by atoms with van der Waals surface area (Å²) >= 11 is 8.89. The fraction of sp³-hybridized carbons (Fsp3) is 0.429. The van der Waals surface area contributed by atoms with Crippen LogP contribution in [0.2, 0.25) is 4.34 Å². The third-order valence-electron chi connectivity index (χ3n) is 3.68. The van der Waals surface area contributed by atoms with E-state index in [1.54, 1.807) is 0 Å². The van der Waals surface area contributed by atoms with Gasteiger partial charge in [-0.1, -0.05) is 11.6 Å². The average molecular weight is 342 g/mol. The molecular weight excluding hydrogens is 326 g/mol. The molecular formula is C14H16ClN3OS2. The smallest absolute Gasteiger partial charge is 0.266 e. The van der Waals surface area contributed by atoms with Crippen LogP contribution in [0.4, 0.5) is 0 Å². The third-order valence-corrected chi connectivity index (χ3v) is 6.23. The number of nitrogens with two attached hydrogens (primary N) is 1. The zero-order valence-corrected chi connectivity index (χ0v) is 14.0. The van der Waals surface area contributed by atoms with E-state index in [0.29, 0.717) is 6.54 Å². The van der Waals surface area contributed by atoms with E-state index in [-0.39, 0.29) is 11.9 Å². The van der Waals surface area contributed by atoms with Crippen molar-refractivity contribution in [3.05, 3.63) is 27.0 Å². The summed E-state index contributed by atoms with van der Waals surface area (Å²) in [4.78, 5) is 20.8. The molecule has 3 rings (SSSR count). The summed E-state index contributed by atoms with van der Waals surface area (Å²) in [5, 5.41) is 0.858. The van der Waals surface area contributed by atoms with Gasteiger partial charge in [0.25, 0.3) is 5.91 Å². The van der Waals surface area contributed by atoms with Crippen molar-refractivity contribution in [1.29, 1.82) is 0 Å². The van der Waals surface area contributed by atoms with Gasteiger partial charge < -0.3 is 10.6 Å². The summed E-state index contributed by atoms with van der Waals surface area (Å²) in [6, 6.07) is 3.96. The molecule has 112 valence electrons. The molecule has 2 aromatic rings. The monoisotopic (exact) mass is 341 g/mol. The molecule has 0 bridgehead atoms. The first-order chi connectivity index (χ1) is 10.1. The predicted octanol–water partition coefficient (Wildman–Crippen LogP) is 3.40. The highest BCUT2D eigenvalue weighted by Gasteiger charge is 2.30. The van der Waals surface area contributed by atoms with Crippen LogP contribution in [0, 0.1) is 6.92 Å².